The van der Waals surface area contributed by atoms with Crippen molar-refractivity contribution in [2.45, 2.75) is 6.92 Å². The SMILES string of the molecule is CNC(=O)CNC(=O)Nc1cc([N+](=O)[O-])ccc1C. The number of hydrogen-bond donors (Lipinski definition) is 3. The highest BCUT2D eigenvalue weighted by molar-refractivity contribution is 5.93. The number of amides is 3. The highest BCUT2D eigenvalue weighted by Gasteiger charge is 2.11. The van der Waals surface area contributed by atoms with Gasteiger partial charge in [0.2, 0.25) is 5.91 Å². The zero-order chi connectivity index (χ0) is 14.4. The minimum Gasteiger partial charge on any atom is -0.358 e. The van der Waals surface area contributed by atoms with Crippen LogP contribution in [-0.2, 0) is 4.79 Å². The number of aryl methyl sites for hydroxylation is 1. The summed E-state index contributed by atoms with van der Waals surface area (Å²) in [6, 6.07) is 3.54. The molecule has 0 aromatic heterocycles. The Morgan fingerprint density at radius 2 is 2.05 bits per heavy atom. The molecule has 1 aromatic carbocycles. The zero-order valence-corrected chi connectivity index (χ0v) is 10.5. The minimum absolute atomic E-state index is 0.118. The van der Waals surface area contributed by atoms with E-state index in [0.717, 1.165) is 0 Å². The molecule has 0 unspecified atom stereocenters. The lowest BCUT2D eigenvalue weighted by Crippen LogP contribution is -2.37. The van der Waals surface area contributed by atoms with Crippen molar-refractivity contribution in [2.75, 3.05) is 18.9 Å². The lowest BCUT2D eigenvalue weighted by molar-refractivity contribution is -0.384. The smallest absolute Gasteiger partial charge is 0.319 e. The Morgan fingerprint density at radius 3 is 2.63 bits per heavy atom. The molecule has 1 rings (SSSR count). The van der Waals surface area contributed by atoms with Crippen LogP contribution < -0.4 is 16.0 Å². The molecule has 0 aliphatic heterocycles. The van der Waals surface area contributed by atoms with E-state index in [9.17, 15) is 19.7 Å². The molecule has 8 nitrogen and oxygen atoms in total. The number of nitrogens with one attached hydrogen (secondary N) is 3. The van der Waals surface area contributed by atoms with E-state index >= 15 is 0 Å². The molecule has 1 aromatic rings. The van der Waals surface area contributed by atoms with Crippen LogP contribution >= 0.6 is 0 Å². The summed E-state index contributed by atoms with van der Waals surface area (Å²) in [5, 5.41) is 17.8. The molecule has 0 aliphatic rings. The average Bonchev–Trinajstić information content (AvgIpc) is 2.38. The summed E-state index contributed by atoms with van der Waals surface area (Å²) in [4.78, 5) is 32.5. The van der Waals surface area contributed by atoms with E-state index in [0.29, 0.717) is 11.3 Å². The molecular formula is C11H14N4O4. The number of nitrogens with zero attached hydrogens (tertiary/aromatic N) is 1. The number of nitro groups is 1. The second-order valence-corrected chi connectivity index (χ2v) is 3.74. The molecule has 0 spiro atoms. The van der Waals surface area contributed by atoms with Gasteiger partial charge in [0.05, 0.1) is 17.2 Å². The first-order valence-corrected chi connectivity index (χ1v) is 5.44. The van der Waals surface area contributed by atoms with Crippen LogP contribution in [0.3, 0.4) is 0 Å². The molecular weight excluding hydrogens is 252 g/mol. The maximum absolute atomic E-state index is 11.5. The van der Waals surface area contributed by atoms with Gasteiger partial charge in [0, 0.05) is 19.2 Å². The number of benzene rings is 1. The van der Waals surface area contributed by atoms with Crippen LogP contribution in [0, 0.1) is 17.0 Å². The van der Waals surface area contributed by atoms with E-state index in [1.54, 1.807) is 6.92 Å². The van der Waals surface area contributed by atoms with Crippen LogP contribution in [0.25, 0.3) is 0 Å². The maximum atomic E-state index is 11.5. The molecule has 0 aliphatic carbocycles. The fourth-order valence-corrected chi connectivity index (χ4v) is 1.27. The van der Waals surface area contributed by atoms with Gasteiger partial charge in [-0.2, -0.15) is 0 Å². The van der Waals surface area contributed by atoms with Gasteiger partial charge >= 0.3 is 6.03 Å². The summed E-state index contributed by atoms with van der Waals surface area (Å²) < 4.78 is 0. The molecule has 0 fully saturated rings. The van der Waals surface area contributed by atoms with Crippen molar-refractivity contribution in [3.05, 3.63) is 33.9 Å². The van der Waals surface area contributed by atoms with Crippen LogP contribution in [0.4, 0.5) is 16.2 Å². The van der Waals surface area contributed by atoms with Gasteiger partial charge < -0.3 is 16.0 Å². The number of nitro benzene ring substituents is 1. The van der Waals surface area contributed by atoms with E-state index in [-0.39, 0.29) is 18.1 Å². The van der Waals surface area contributed by atoms with E-state index in [1.807, 2.05) is 0 Å². The van der Waals surface area contributed by atoms with Crippen molar-refractivity contribution in [3.63, 3.8) is 0 Å². The number of carbonyl (C=O) groups excluding carboxylic acids is 2. The summed E-state index contributed by atoms with van der Waals surface area (Å²) in [5.74, 6) is -0.342. The Bertz CT molecular complexity index is 515. The first-order chi connectivity index (χ1) is 8.93. The standard InChI is InChI=1S/C11H14N4O4/c1-7-3-4-8(15(18)19)5-9(7)14-11(17)13-6-10(16)12-2/h3-5H,6H2,1-2H3,(H,12,16)(H2,13,14,17). The van der Waals surface area contributed by atoms with Crippen LogP contribution in [0.15, 0.2) is 18.2 Å². The summed E-state index contributed by atoms with van der Waals surface area (Å²) in [7, 11) is 1.45. The van der Waals surface area contributed by atoms with E-state index in [4.69, 9.17) is 0 Å². The number of non-ortho nitro benzene ring substituents is 1. The largest absolute Gasteiger partial charge is 0.358 e. The summed E-state index contributed by atoms with van der Waals surface area (Å²) in [6.07, 6.45) is 0. The van der Waals surface area contributed by atoms with E-state index in [2.05, 4.69) is 16.0 Å². The molecule has 0 saturated heterocycles. The highest BCUT2D eigenvalue weighted by Crippen LogP contribution is 2.21. The first-order valence-electron chi connectivity index (χ1n) is 5.44. The number of rotatable bonds is 4. The number of hydrogen-bond acceptors (Lipinski definition) is 4. The van der Waals surface area contributed by atoms with Gasteiger partial charge in [0.25, 0.3) is 5.69 Å². The number of likely N-dealkylation sites (N-methyl/N-ethyl adjacent to an activating group) is 1. The van der Waals surface area contributed by atoms with Crippen molar-refractivity contribution in [3.8, 4) is 0 Å². The molecule has 0 atom stereocenters. The second-order valence-electron chi connectivity index (χ2n) is 3.74. The molecule has 0 saturated carbocycles. The van der Waals surface area contributed by atoms with Gasteiger partial charge in [0.1, 0.15) is 0 Å². The Labute approximate surface area is 109 Å². The molecule has 102 valence electrons. The number of urea groups is 1. The lowest BCUT2D eigenvalue weighted by Gasteiger charge is -2.09. The molecule has 3 amide bonds. The first kappa shape index (κ1) is 14.4. The lowest BCUT2D eigenvalue weighted by atomic mass is 10.2. The average molecular weight is 266 g/mol. The van der Waals surface area contributed by atoms with Gasteiger partial charge in [-0.05, 0) is 12.5 Å². The van der Waals surface area contributed by atoms with Gasteiger partial charge in [0.15, 0.2) is 0 Å². The fourth-order valence-electron chi connectivity index (χ4n) is 1.27. The third-order valence-corrected chi connectivity index (χ3v) is 2.37. The van der Waals surface area contributed by atoms with Crippen molar-refractivity contribution in [1.82, 2.24) is 10.6 Å². The van der Waals surface area contributed by atoms with Crippen molar-refractivity contribution >= 4 is 23.3 Å². The number of carbonyl (C=O) groups is 2. The van der Waals surface area contributed by atoms with Gasteiger partial charge in [-0.15, -0.1) is 0 Å². The quantitative estimate of drug-likeness (QED) is 0.551. The molecule has 0 radical (unpaired) electrons. The third-order valence-electron chi connectivity index (χ3n) is 2.37. The predicted molar refractivity (Wildman–Crippen MR) is 68.9 cm³/mol. The van der Waals surface area contributed by atoms with Crippen LogP contribution in [0.2, 0.25) is 0 Å². The molecule has 0 heterocycles. The Kier molecular flexibility index (Phi) is 4.81. The monoisotopic (exact) mass is 266 g/mol. The third kappa shape index (κ3) is 4.26. The van der Waals surface area contributed by atoms with Crippen molar-refractivity contribution in [1.29, 1.82) is 0 Å². The van der Waals surface area contributed by atoms with Gasteiger partial charge in [-0.25, -0.2) is 4.79 Å². The second kappa shape index (κ2) is 6.34. The molecule has 3 N–H and O–H groups in total. The summed E-state index contributed by atoms with van der Waals surface area (Å²) >= 11 is 0. The van der Waals surface area contributed by atoms with E-state index in [1.165, 1.54) is 25.2 Å². The predicted octanol–water partition coefficient (Wildman–Crippen LogP) is 0.771. The van der Waals surface area contributed by atoms with Crippen molar-refractivity contribution < 1.29 is 14.5 Å². The summed E-state index contributed by atoms with van der Waals surface area (Å²) in [5.41, 5.74) is 0.886. The minimum atomic E-state index is -0.604. The summed E-state index contributed by atoms with van der Waals surface area (Å²) in [6.45, 7) is 1.54. The zero-order valence-electron chi connectivity index (χ0n) is 10.5. The molecule has 19 heavy (non-hydrogen) atoms. The van der Waals surface area contributed by atoms with Crippen molar-refractivity contribution in [2.24, 2.45) is 0 Å². The number of anilines is 1. The highest BCUT2D eigenvalue weighted by atomic mass is 16.6. The fraction of sp³-hybridized carbons (Fsp3) is 0.273. The van der Waals surface area contributed by atoms with Gasteiger partial charge in [-0.3, -0.25) is 14.9 Å². The van der Waals surface area contributed by atoms with E-state index < -0.39 is 11.0 Å². The van der Waals surface area contributed by atoms with Crippen LogP contribution in [0.1, 0.15) is 5.56 Å². The molecule has 0 bridgehead atoms. The Morgan fingerprint density at radius 1 is 1.37 bits per heavy atom. The Balaban J connectivity index is 2.70. The topological polar surface area (TPSA) is 113 Å². The molecule has 8 heteroatoms. The van der Waals surface area contributed by atoms with Crippen LogP contribution in [-0.4, -0.2) is 30.5 Å². The van der Waals surface area contributed by atoms with Crippen LogP contribution in [0.5, 0.6) is 0 Å². The normalized spacial score (nSPS) is 9.58. The Hall–Kier alpha value is -2.64. The van der Waals surface area contributed by atoms with Gasteiger partial charge in [-0.1, -0.05) is 6.07 Å². The maximum Gasteiger partial charge on any atom is 0.319 e.